The highest BCUT2D eigenvalue weighted by Crippen LogP contribution is 2.29. The van der Waals surface area contributed by atoms with Crippen LogP contribution in [0.3, 0.4) is 0 Å². The summed E-state index contributed by atoms with van der Waals surface area (Å²) in [6.07, 6.45) is 0. The monoisotopic (exact) mass is 423 g/mol. The van der Waals surface area contributed by atoms with Gasteiger partial charge in [0.25, 0.3) is 5.69 Å². The van der Waals surface area contributed by atoms with E-state index in [1.165, 1.54) is 11.6 Å². The van der Waals surface area contributed by atoms with E-state index in [1.54, 1.807) is 30.4 Å². The van der Waals surface area contributed by atoms with Gasteiger partial charge in [0, 0.05) is 10.9 Å². The van der Waals surface area contributed by atoms with Crippen molar-refractivity contribution in [3.63, 3.8) is 0 Å². The first-order valence-electron chi connectivity index (χ1n) is 9.77. The van der Waals surface area contributed by atoms with Gasteiger partial charge in [0.15, 0.2) is 0 Å². The van der Waals surface area contributed by atoms with E-state index in [0.717, 1.165) is 10.4 Å². The van der Waals surface area contributed by atoms with Crippen molar-refractivity contribution in [3.8, 4) is 0 Å². The van der Waals surface area contributed by atoms with Crippen LogP contribution in [-0.4, -0.2) is 17.4 Å². The van der Waals surface area contributed by atoms with Gasteiger partial charge in [-0.2, -0.15) is 0 Å². The SMILES string of the molecule is Cc1cccc([N+](=O)[O-])c1NC(=O)CN[C@H](c1ccc(C(C)C)cc1)c1cccs1. The van der Waals surface area contributed by atoms with Gasteiger partial charge in [-0.1, -0.05) is 56.3 Å². The zero-order chi connectivity index (χ0) is 21.7. The van der Waals surface area contributed by atoms with Crippen LogP contribution in [0.5, 0.6) is 0 Å². The summed E-state index contributed by atoms with van der Waals surface area (Å²) in [5.41, 5.74) is 3.10. The molecule has 1 aromatic heterocycles. The lowest BCUT2D eigenvalue weighted by Crippen LogP contribution is -2.32. The lowest BCUT2D eigenvalue weighted by molar-refractivity contribution is -0.384. The lowest BCUT2D eigenvalue weighted by atomic mass is 9.98. The molecule has 0 aliphatic heterocycles. The Morgan fingerprint density at radius 2 is 1.77 bits per heavy atom. The third-order valence-corrected chi connectivity index (χ3v) is 5.88. The van der Waals surface area contributed by atoms with Gasteiger partial charge < -0.3 is 5.32 Å². The van der Waals surface area contributed by atoms with Crippen LogP contribution in [0.2, 0.25) is 0 Å². The molecule has 30 heavy (non-hydrogen) atoms. The van der Waals surface area contributed by atoms with Crippen LogP contribution in [0.15, 0.2) is 60.0 Å². The van der Waals surface area contributed by atoms with Crippen LogP contribution in [0, 0.1) is 17.0 Å². The zero-order valence-electron chi connectivity index (χ0n) is 17.2. The van der Waals surface area contributed by atoms with E-state index < -0.39 is 4.92 Å². The summed E-state index contributed by atoms with van der Waals surface area (Å²) < 4.78 is 0. The van der Waals surface area contributed by atoms with Crippen LogP contribution in [0.4, 0.5) is 11.4 Å². The van der Waals surface area contributed by atoms with Gasteiger partial charge in [-0.15, -0.1) is 11.3 Å². The Kier molecular flexibility index (Phi) is 6.97. The van der Waals surface area contributed by atoms with Crippen molar-refractivity contribution in [2.24, 2.45) is 0 Å². The Labute approximate surface area is 180 Å². The number of para-hydroxylation sites is 1. The molecule has 0 saturated heterocycles. The molecule has 2 N–H and O–H groups in total. The molecule has 3 rings (SSSR count). The number of nitrogens with zero attached hydrogens (tertiary/aromatic N) is 1. The summed E-state index contributed by atoms with van der Waals surface area (Å²) in [6.45, 7) is 6.07. The summed E-state index contributed by atoms with van der Waals surface area (Å²) in [4.78, 5) is 24.5. The maximum Gasteiger partial charge on any atom is 0.293 e. The van der Waals surface area contributed by atoms with Crippen molar-refractivity contribution < 1.29 is 9.72 Å². The van der Waals surface area contributed by atoms with Crippen molar-refractivity contribution >= 4 is 28.6 Å². The van der Waals surface area contributed by atoms with Crippen LogP contribution < -0.4 is 10.6 Å². The Morgan fingerprint density at radius 3 is 2.37 bits per heavy atom. The Bertz CT molecular complexity index is 1010. The summed E-state index contributed by atoms with van der Waals surface area (Å²) in [5, 5.41) is 19.3. The van der Waals surface area contributed by atoms with Gasteiger partial charge in [0.2, 0.25) is 5.91 Å². The number of carbonyl (C=O) groups is 1. The molecule has 0 aliphatic carbocycles. The maximum absolute atomic E-state index is 12.6. The molecule has 0 spiro atoms. The van der Waals surface area contributed by atoms with E-state index in [0.29, 0.717) is 11.5 Å². The number of carbonyl (C=O) groups excluding carboxylic acids is 1. The van der Waals surface area contributed by atoms with E-state index >= 15 is 0 Å². The standard InChI is InChI=1S/C23H25N3O3S/c1-15(2)17-9-11-18(12-10-17)23(20-8-5-13-30-20)24-14-21(27)25-22-16(3)6-4-7-19(22)26(28)29/h4-13,15,23-24H,14H2,1-3H3,(H,25,27)/t23-/m1/s1. The molecular formula is C23H25N3O3S. The highest BCUT2D eigenvalue weighted by Gasteiger charge is 2.20. The second-order valence-electron chi connectivity index (χ2n) is 7.43. The molecule has 0 saturated carbocycles. The first kappa shape index (κ1) is 21.7. The molecule has 0 radical (unpaired) electrons. The first-order chi connectivity index (χ1) is 14.4. The van der Waals surface area contributed by atoms with Gasteiger partial charge in [-0.25, -0.2) is 0 Å². The summed E-state index contributed by atoms with van der Waals surface area (Å²) >= 11 is 1.62. The number of nitro groups is 1. The molecule has 0 fully saturated rings. The minimum Gasteiger partial charge on any atom is -0.319 e. The molecule has 6 nitrogen and oxygen atoms in total. The van der Waals surface area contributed by atoms with Gasteiger partial charge in [0.1, 0.15) is 5.69 Å². The minimum absolute atomic E-state index is 0.0278. The predicted octanol–water partition coefficient (Wildman–Crippen LogP) is 5.41. The summed E-state index contributed by atoms with van der Waals surface area (Å²) in [6, 6.07) is 17.0. The third kappa shape index (κ3) is 5.11. The number of benzene rings is 2. The topological polar surface area (TPSA) is 84.3 Å². The molecule has 156 valence electrons. The lowest BCUT2D eigenvalue weighted by Gasteiger charge is -2.19. The van der Waals surface area contributed by atoms with Crippen molar-refractivity contribution in [3.05, 3.63) is 91.7 Å². The Morgan fingerprint density at radius 1 is 1.07 bits per heavy atom. The summed E-state index contributed by atoms with van der Waals surface area (Å²) in [7, 11) is 0. The molecule has 1 amide bonds. The van der Waals surface area contributed by atoms with Crippen LogP contribution >= 0.6 is 11.3 Å². The number of aryl methyl sites for hydroxylation is 1. The van der Waals surface area contributed by atoms with E-state index in [-0.39, 0.29) is 29.9 Å². The smallest absolute Gasteiger partial charge is 0.293 e. The summed E-state index contributed by atoms with van der Waals surface area (Å²) in [5.74, 6) is 0.121. The number of nitro benzene ring substituents is 1. The predicted molar refractivity (Wildman–Crippen MR) is 121 cm³/mol. The first-order valence-corrected chi connectivity index (χ1v) is 10.6. The van der Waals surface area contributed by atoms with E-state index in [2.05, 4.69) is 48.7 Å². The van der Waals surface area contributed by atoms with Crippen molar-refractivity contribution in [1.82, 2.24) is 5.32 Å². The fraction of sp³-hybridized carbons (Fsp3) is 0.261. The number of anilines is 1. The zero-order valence-corrected chi connectivity index (χ0v) is 18.0. The highest BCUT2D eigenvalue weighted by atomic mass is 32.1. The third-order valence-electron chi connectivity index (χ3n) is 4.94. The highest BCUT2D eigenvalue weighted by molar-refractivity contribution is 7.10. The second kappa shape index (κ2) is 9.65. The number of hydrogen-bond donors (Lipinski definition) is 2. The fourth-order valence-corrected chi connectivity index (χ4v) is 4.08. The number of thiophene rings is 1. The largest absolute Gasteiger partial charge is 0.319 e. The van der Waals surface area contributed by atoms with E-state index in [1.807, 2.05) is 17.5 Å². The molecular weight excluding hydrogens is 398 g/mol. The van der Waals surface area contributed by atoms with Gasteiger partial charge in [-0.05, 0) is 41.0 Å². The number of rotatable bonds is 8. The molecule has 7 heteroatoms. The molecule has 0 aliphatic rings. The molecule has 2 aromatic carbocycles. The van der Waals surface area contributed by atoms with Crippen LogP contribution in [0.1, 0.15) is 47.4 Å². The minimum atomic E-state index is -0.485. The molecule has 0 bridgehead atoms. The van der Waals surface area contributed by atoms with Crippen molar-refractivity contribution in [2.75, 3.05) is 11.9 Å². The quantitative estimate of drug-likeness (QED) is 0.375. The average molecular weight is 424 g/mol. The second-order valence-corrected chi connectivity index (χ2v) is 8.40. The van der Waals surface area contributed by atoms with Crippen molar-refractivity contribution in [1.29, 1.82) is 0 Å². The maximum atomic E-state index is 12.6. The van der Waals surface area contributed by atoms with Crippen LogP contribution in [-0.2, 0) is 4.79 Å². The molecule has 3 aromatic rings. The van der Waals surface area contributed by atoms with E-state index in [4.69, 9.17) is 0 Å². The number of nitrogens with one attached hydrogen (secondary N) is 2. The van der Waals surface area contributed by atoms with Gasteiger partial charge in [0.05, 0.1) is 17.5 Å². The van der Waals surface area contributed by atoms with Crippen LogP contribution in [0.25, 0.3) is 0 Å². The average Bonchev–Trinajstić information content (AvgIpc) is 3.24. The van der Waals surface area contributed by atoms with Gasteiger partial charge >= 0.3 is 0 Å². The number of amides is 1. The Balaban J connectivity index is 1.75. The van der Waals surface area contributed by atoms with Gasteiger partial charge in [-0.3, -0.25) is 20.2 Å². The van der Waals surface area contributed by atoms with Crippen molar-refractivity contribution in [2.45, 2.75) is 32.7 Å². The molecule has 0 unspecified atom stereocenters. The number of hydrogen-bond acceptors (Lipinski definition) is 5. The molecule has 1 atom stereocenters. The molecule has 1 heterocycles. The Hall–Kier alpha value is -3.03. The van der Waals surface area contributed by atoms with E-state index in [9.17, 15) is 14.9 Å². The normalized spacial score (nSPS) is 12.0. The fourth-order valence-electron chi connectivity index (χ4n) is 3.26.